The summed E-state index contributed by atoms with van der Waals surface area (Å²) in [6, 6.07) is -0.266. The molecule has 1 aliphatic heterocycles. The van der Waals surface area contributed by atoms with Gasteiger partial charge in [0.25, 0.3) is 0 Å². The fourth-order valence-corrected chi connectivity index (χ4v) is 2.13. The molecule has 0 radical (unpaired) electrons. The lowest BCUT2D eigenvalue weighted by atomic mass is 9.84. The Labute approximate surface area is 121 Å². The fourth-order valence-electron chi connectivity index (χ4n) is 2.13. The van der Waals surface area contributed by atoms with Crippen LogP contribution in [0.4, 0.5) is 0 Å². The van der Waals surface area contributed by atoms with E-state index in [-0.39, 0.29) is 6.04 Å². The highest BCUT2D eigenvalue weighted by Crippen LogP contribution is 2.26. The maximum atomic E-state index is 11.1. The van der Waals surface area contributed by atoms with Crippen LogP contribution in [-0.4, -0.2) is 28.8 Å². The van der Waals surface area contributed by atoms with Crippen molar-refractivity contribution in [3.8, 4) is 0 Å². The predicted molar refractivity (Wildman–Crippen MR) is 86.0 cm³/mol. The zero-order valence-corrected chi connectivity index (χ0v) is 12.4. The Morgan fingerprint density at radius 3 is 2.80 bits per heavy atom. The van der Waals surface area contributed by atoms with Gasteiger partial charge in [-0.1, -0.05) is 26.2 Å². The molecule has 1 rings (SSSR count). The molecule has 0 saturated heterocycles. The first-order chi connectivity index (χ1) is 9.49. The van der Waals surface area contributed by atoms with Gasteiger partial charge in [0.15, 0.2) is 5.84 Å². The number of allylic oxidation sites excluding steroid dienone is 3. The van der Waals surface area contributed by atoms with Gasteiger partial charge in [-0.15, -0.1) is 0 Å². The lowest BCUT2D eigenvalue weighted by Gasteiger charge is -2.37. The standard InChI is InChI=1S/C16H23N3O/c1-6-13(5)19-15(17-8-3)16(20,7-2)14-12(4)10-9-11-18-14/h6,8-11,14,18,20H,1,5,7H2,2-4H3. The summed E-state index contributed by atoms with van der Waals surface area (Å²) in [5.41, 5.74) is 0.301. The first-order valence-corrected chi connectivity index (χ1v) is 6.70. The molecular weight excluding hydrogens is 250 g/mol. The van der Waals surface area contributed by atoms with E-state index in [1.165, 1.54) is 6.08 Å². The zero-order chi connectivity index (χ0) is 15.2. The minimum Gasteiger partial charge on any atom is -0.381 e. The van der Waals surface area contributed by atoms with Crippen molar-refractivity contribution >= 4 is 12.1 Å². The van der Waals surface area contributed by atoms with Crippen LogP contribution >= 0.6 is 0 Å². The number of nitrogens with zero attached hydrogens (tertiary/aromatic N) is 2. The van der Waals surface area contributed by atoms with E-state index in [9.17, 15) is 5.11 Å². The van der Waals surface area contributed by atoms with Crippen molar-refractivity contribution in [2.75, 3.05) is 0 Å². The van der Waals surface area contributed by atoms with E-state index in [1.54, 1.807) is 13.1 Å². The average Bonchev–Trinajstić information content (AvgIpc) is 2.46. The summed E-state index contributed by atoms with van der Waals surface area (Å²) in [7, 11) is 0. The van der Waals surface area contributed by atoms with E-state index in [0.717, 1.165) is 5.57 Å². The van der Waals surface area contributed by atoms with Crippen LogP contribution < -0.4 is 5.32 Å². The third kappa shape index (κ3) is 3.33. The average molecular weight is 273 g/mol. The second-order valence-electron chi connectivity index (χ2n) is 4.67. The van der Waals surface area contributed by atoms with Gasteiger partial charge in [0.05, 0.1) is 11.7 Å². The van der Waals surface area contributed by atoms with Crippen molar-refractivity contribution in [1.82, 2.24) is 5.32 Å². The second kappa shape index (κ2) is 7.01. The number of aliphatic hydroxyl groups is 1. The largest absolute Gasteiger partial charge is 0.381 e. The molecule has 1 heterocycles. The maximum absolute atomic E-state index is 11.1. The molecule has 0 aliphatic carbocycles. The van der Waals surface area contributed by atoms with Gasteiger partial charge in [0.1, 0.15) is 5.60 Å². The van der Waals surface area contributed by atoms with E-state index >= 15 is 0 Å². The van der Waals surface area contributed by atoms with Gasteiger partial charge < -0.3 is 10.4 Å². The van der Waals surface area contributed by atoms with Gasteiger partial charge in [-0.05, 0) is 44.2 Å². The predicted octanol–water partition coefficient (Wildman–Crippen LogP) is 2.75. The van der Waals surface area contributed by atoms with Crippen LogP contribution in [0.1, 0.15) is 27.2 Å². The minimum atomic E-state index is -1.20. The van der Waals surface area contributed by atoms with Gasteiger partial charge in [0, 0.05) is 6.21 Å². The molecule has 0 fully saturated rings. The molecule has 20 heavy (non-hydrogen) atoms. The first kappa shape index (κ1) is 16.1. The molecule has 4 heteroatoms. The van der Waals surface area contributed by atoms with Crippen LogP contribution in [0.2, 0.25) is 0 Å². The number of hydrogen-bond donors (Lipinski definition) is 2. The van der Waals surface area contributed by atoms with E-state index in [2.05, 4.69) is 28.5 Å². The number of rotatable bonds is 5. The van der Waals surface area contributed by atoms with Crippen LogP contribution in [0, 0.1) is 0 Å². The molecule has 0 bridgehead atoms. The Bertz CT molecular complexity index is 500. The molecule has 0 amide bonds. The van der Waals surface area contributed by atoms with Crippen molar-refractivity contribution in [2.24, 2.45) is 9.98 Å². The molecule has 2 N–H and O–H groups in total. The Hall–Kier alpha value is -1.94. The summed E-state index contributed by atoms with van der Waals surface area (Å²) in [5, 5.41) is 14.3. The van der Waals surface area contributed by atoms with E-state index in [0.29, 0.717) is 18.0 Å². The number of dihydropyridines is 1. The third-order valence-electron chi connectivity index (χ3n) is 3.31. The van der Waals surface area contributed by atoms with Crippen molar-refractivity contribution in [3.63, 3.8) is 0 Å². The Balaban J connectivity index is 3.27. The lowest BCUT2D eigenvalue weighted by molar-refractivity contribution is 0.0801. The number of nitrogens with one attached hydrogen (secondary N) is 1. The topological polar surface area (TPSA) is 57.0 Å². The summed E-state index contributed by atoms with van der Waals surface area (Å²) in [5.74, 6) is 0.341. The minimum absolute atomic E-state index is 0.266. The van der Waals surface area contributed by atoms with Crippen LogP contribution in [0.15, 0.2) is 58.8 Å². The van der Waals surface area contributed by atoms with E-state index in [4.69, 9.17) is 0 Å². The van der Waals surface area contributed by atoms with Crippen molar-refractivity contribution in [2.45, 2.75) is 38.8 Å². The summed E-state index contributed by atoms with van der Waals surface area (Å²) in [4.78, 5) is 8.54. The molecule has 2 unspecified atom stereocenters. The molecule has 0 aromatic heterocycles. The summed E-state index contributed by atoms with van der Waals surface area (Å²) in [6.45, 7) is 13.1. The normalized spacial score (nSPS) is 22.1. The molecule has 0 aromatic rings. The van der Waals surface area contributed by atoms with Gasteiger partial charge >= 0.3 is 0 Å². The monoisotopic (exact) mass is 273 g/mol. The van der Waals surface area contributed by atoms with Crippen LogP contribution in [0.3, 0.4) is 0 Å². The van der Waals surface area contributed by atoms with Crippen LogP contribution in [0.5, 0.6) is 0 Å². The maximum Gasteiger partial charge on any atom is 0.162 e. The lowest BCUT2D eigenvalue weighted by Crippen LogP contribution is -2.55. The number of aliphatic imine (C=N–C) groups is 2. The molecular formula is C16H23N3O. The molecule has 2 atom stereocenters. The van der Waals surface area contributed by atoms with Crippen LogP contribution in [0.25, 0.3) is 0 Å². The summed E-state index contributed by atoms with van der Waals surface area (Å²) >= 11 is 0. The van der Waals surface area contributed by atoms with Gasteiger partial charge in [-0.25, -0.2) is 9.98 Å². The Morgan fingerprint density at radius 1 is 1.60 bits per heavy atom. The van der Waals surface area contributed by atoms with E-state index < -0.39 is 5.60 Å². The number of hydrogen-bond acceptors (Lipinski definition) is 3. The van der Waals surface area contributed by atoms with Crippen LogP contribution in [-0.2, 0) is 0 Å². The molecule has 1 aliphatic rings. The molecule has 0 saturated carbocycles. The highest BCUT2D eigenvalue weighted by Gasteiger charge is 2.41. The fraction of sp³-hybridized carbons (Fsp3) is 0.375. The Morgan fingerprint density at radius 2 is 2.30 bits per heavy atom. The molecule has 0 aromatic carbocycles. The van der Waals surface area contributed by atoms with Crippen molar-refractivity contribution in [3.05, 3.63) is 48.9 Å². The Kier molecular flexibility index (Phi) is 5.65. The number of amidine groups is 1. The first-order valence-electron chi connectivity index (χ1n) is 6.70. The van der Waals surface area contributed by atoms with Crippen molar-refractivity contribution < 1.29 is 5.11 Å². The smallest absolute Gasteiger partial charge is 0.162 e. The zero-order valence-electron chi connectivity index (χ0n) is 12.4. The van der Waals surface area contributed by atoms with Gasteiger partial charge in [-0.3, -0.25) is 0 Å². The van der Waals surface area contributed by atoms with Crippen molar-refractivity contribution in [1.29, 1.82) is 0 Å². The summed E-state index contributed by atoms with van der Waals surface area (Å²) < 4.78 is 0. The van der Waals surface area contributed by atoms with Gasteiger partial charge in [0.2, 0.25) is 0 Å². The molecule has 108 valence electrons. The van der Waals surface area contributed by atoms with Gasteiger partial charge in [-0.2, -0.15) is 0 Å². The highest BCUT2D eigenvalue weighted by molar-refractivity contribution is 5.97. The third-order valence-corrected chi connectivity index (χ3v) is 3.31. The highest BCUT2D eigenvalue weighted by atomic mass is 16.3. The summed E-state index contributed by atoms with van der Waals surface area (Å²) in [6.07, 6.45) is 9.33. The molecule has 4 nitrogen and oxygen atoms in total. The van der Waals surface area contributed by atoms with E-state index in [1.807, 2.05) is 32.2 Å². The molecule has 0 spiro atoms. The second-order valence-corrected chi connectivity index (χ2v) is 4.67. The SMILES string of the molecule is C=CC(=C)N=C(N=CC)C(O)(CC)C1NC=CC=C1C. The quantitative estimate of drug-likeness (QED) is 0.460.